The van der Waals surface area contributed by atoms with E-state index in [9.17, 15) is 0 Å². The third-order valence-electron chi connectivity index (χ3n) is 3.12. The predicted octanol–water partition coefficient (Wildman–Crippen LogP) is 3.02. The fraction of sp³-hybridized carbons (Fsp3) is 0.143. The maximum Gasteiger partial charge on any atom is 0.202 e. The van der Waals surface area contributed by atoms with E-state index in [1.54, 1.807) is 6.20 Å². The number of pyridine rings is 1. The van der Waals surface area contributed by atoms with Gasteiger partial charge in [-0.2, -0.15) is 0 Å². The zero-order valence-corrected chi connectivity index (χ0v) is 11.2. The van der Waals surface area contributed by atoms with E-state index in [4.69, 9.17) is 17.3 Å². The molecular formula is C14H13ClN4. The fourth-order valence-corrected chi connectivity index (χ4v) is 2.21. The lowest BCUT2D eigenvalue weighted by Gasteiger charge is -2.06. The van der Waals surface area contributed by atoms with Gasteiger partial charge in [-0.3, -0.25) is 4.57 Å². The van der Waals surface area contributed by atoms with Crippen molar-refractivity contribution in [2.45, 2.75) is 13.5 Å². The summed E-state index contributed by atoms with van der Waals surface area (Å²) < 4.78 is 1.91. The van der Waals surface area contributed by atoms with E-state index in [-0.39, 0.29) is 0 Å². The lowest BCUT2D eigenvalue weighted by Crippen LogP contribution is -2.05. The van der Waals surface area contributed by atoms with Gasteiger partial charge in [-0.25, -0.2) is 9.97 Å². The second kappa shape index (κ2) is 4.55. The number of halogens is 1. The van der Waals surface area contributed by atoms with Crippen LogP contribution in [0.2, 0.25) is 5.02 Å². The molecule has 2 N–H and O–H groups in total. The van der Waals surface area contributed by atoms with Crippen molar-refractivity contribution in [3.8, 4) is 0 Å². The third-order valence-corrected chi connectivity index (χ3v) is 3.37. The Kier molecular flexibility index (Phi) is 2.87. The van der Waals surface area contributed by atoms with Crippen LogP contribution < -0.4 is 5.73 Å². The number of nitrogens with two attached hydrogens (primary N) is 1. The average Bonchev–Trinajstić information content (AvgIpc) is 2.71. The Labute approximate surface area is 115 Å². The Morgan fingerprint density at radius 2 is 1.95 bits per heavy atom. The summed E-state index contributed by atoms with van der Waals surface area (Å²) in [5.74, 6) is 0.478. The SMILES string of the molecule is Cc1ccnc2c1nc(N)n2Cc1ccc(Cl)cc1. The molecule has 0 saturated heterocycles. The van der Waals surface area contributed by atoms with Crippen molar-refractivity contribution in [3.05, 3.63) is 52.7 Å². The summed E-state index contributed by atoms with van der Waals surface area (Å²) in [5.41, 5.74) is 9.84. The first-order valence-electron chi connectivity index (χ1n) is 5.97. The van der Waals surface area contributed by atoms with Crippen molar-refractivity contribution >= 4 is 28.7 Å². The second-order valence-electron chi connectivity index (χ2n) is 4.48. The van der Waals surface area contributed by atoms with Gasteiger partial charge in [0.1, 0.15) is 5.52 Å². The van der Waals surface area contributed by atoms with Gasteiger partial charge < -0.3 is 5.73 Å². The molecule has 0 atom stereocenters. The molecule has 96 valence electrons. The summed E-state index contributed by atoms with van der Waals surface area (Å²) >= 11 is 5.88. The van der Waals surface area contributed by atoms with E-state index < -0.39 is 0 Å². The van der Waals surface area contributed by atoms with E-state index in [1.807, 2.05) is 41.8 Å². The Morgan fingerprint density at radius 3 is 2.68 bits per heavy atom. The number of anilines is 1. The van der Waals surface area contributed by atoms with Crippen molar-refractivity contribution in [3.63, 3.8) is 0 Å². The number of imidazole rings is 1. The van der Waals surface area contributed by atoms with Crippen molar-refractivity contribution in [1.29, 1.82) is 0 Å². The molecule has 4 nitrogen and oxygen atoms in total. The normalized spacial score (nSPS) is 11.1. The molecule has 5 heteroatoms. The number of benzene rings is 1. The monoisotopic (exact) mass is 272 g/mol. The maximum absolute atomic E-state index is 5.99. The summed E-state index contributed by atoms with van der Waals surface area (Å²) in [6.07, 6.45) is 1.77. The highest BCUT2D eigenvalue weighted by molar-refractivity contribution is 6.30. The van der Waals surface area contributed by atoms with Crippen LogP contribution in [0.15, 0.2) is 36.5 Å². The minimum absolute atomic E-state index is 0.478. The van der Waals surface area contributed by atoms with Crippen LogP contribution in [0.1, 0.15) is 11.1 Å². The standard InChI is InChI=1S/C14H13ClN4/c1-9-6-7-17-13-12(9)18-14(16)19(13)8-10-2-4-11(15)5-3-10/h2-7H,8H2,1H3,(H2,16,18). The zero-order valence-electron chi connectivity index (χ0n) is 10.5. The van der Waals surface area contributed by atoms with Gasteiger partial charge in [0.15, 0.2) is 5.65 Å². The number of aromatic nitrogens is 3. The molecule has 2 heterocycles. The quantitative estimate of drug-likeness (QED) is 0.780. The summed E-state index contributed by atoms with van der Waals surface area (Å²) in [5, 5.41) is 0.723. The molecule has 0 spiro atoms. The molecule has 0 aliphatic heterocycles. The van der Waals surface area contributed by atoms with Crippen LogP contribution >= 0.6 is 11.6 Å². The van der Waals surface area contributed by atoms with Crippen LogP contribution in [-0.4, -0.2) is 14.5 Å². The van der Waals surface area contributed by atoms with Crippen LogP contribution in [0, 0.1) is 6.92 Å². The number of hydrogen-bond donors (Lipinski definition) is 1. The van der Waals surface area contributed by atoms with Gasteiger partial charge in [-0.1, -0.05) is 23.7 Å². The largest absolute Gasteiger partial charge is 0.369 e. The van der Waals surface area contributed by atoms with Gasteiger partial charge in [0, 0.05) is 11.2 Å². The second-order valence-corrected chi connectivity index (χ2v) is 4.92. The Balaban J connectivity index is 2.07. The highest BCUT2D eigenvalue weighted by Gasteiger charge is 2.11. The first-order valence-corrected chi connectivity index (χ1v) is 6.35. The summed E-state index contributed by atoms with van der Waals surface area (Å²) in [6.45, 7) is 2.64. The molecule has 0 bridgehead atoms. The van der Waals surface area contributed by atoms with Crippen LogP contribution in [0.25, 0.3) is 11.2 Å². The van der Waals surface area contributed by atoms with Crippen LogP contribution in [0.3, 0.4) is 0 Å². The highest BCUT2D eigenvalue weighted by Crippen LogP contribution is 2.20. The van der Waals surface area contributed by atoms with Gasteiger partial charge >= 0.3 is 0 Å². The molecule has 2 aromatic heterocycles. The van der Waals surface area contributed by atoms with E-state index >= 15 is 0 Å². The number of nitrogen functional groups attached to an aromatic ring is 1. The molecule has 0 unspecified atom stereocenters. The first kappa shape index (κ1) is 12.0. The first-order chi connectivity index (χ1) is 9.15. The molecule has 0 fully saturated rings. The smallest absolute Gasteiger partial charge is 0.202 e. The molecule has 0 saturated carbocycles. The Morgan fingerprint density at radius 1 is 1.21 bits per heavy atom. The summed E-state index contributed by atoms with van der Waals surface area (Å²) in [6, 6.07) is 9.62. The van der Waals surface area contributed by atoms with E-state index in [1.165, 1.54) is 0 Å². The molecule has 19 heavy (non-hydrogen) atoms. The predicted molar refractivity (Wildman–Crippen MR) is 77.2 cm³/mol. The highest BCUT2D eigenvalue weighted by atomic mass is 35.5. The molecular weight excluding hydrogens is 260 g/mol. The maximum atomic E-state index is 5.99. The van der Waals surface area contributed by atoms with Crippen molar-refractivity contribution < 1.29 is 0 Å². The van der Waals surface area contributed by atoms with Crippen molar-refractivity contribution in [1.82, 2.24) is 14.5 Å². The minimum atomic E-state index is 0.478. The number of fused-ring (bicyclic) bond motifs is 1. The minimum Gasteiger partial charge on any atom is -0.369 e. The van der Waals surface area contributed by atoms with E-state index in [2.05, 4.69) is 9.97 Å². The molecule has 0 amide bonds. The number of nitrogens with zero attached hydrogens (tertiary/aromatic N) is 3. The summed E-state index contributed by atoms with van der Waals surface area (Å²) in [7, 11) is 0. The van der Waals surface area contributed by atoms with Gasteiger partial charge in [0.25, 0.3) is 0 Å². The molecule has 3 rings (SSSR count). The van der Waals surface area contributed by atoms with Crippen LogP contribution in [0.5, 0.6) is 0 Å². The van der Waals surface area contributed by atoms with Gasteiger partial charge in [0.2, 0.25) is 5.95 Å². The lowest BCUT2D eigenvalue weighted by molar-refractivity contribution is 0.828. The van der Waals surface area contributed by atoms with Gasteiger partial charge in [0.05, 0.1) is 6.54 Å². The average molecular weight is 273 g/mol. The van der Waals surface area contributed by atoms with Crippen LogP contribution in [-0.2, 0) is 6.54 Å². The molecule has 0 aliphatic carbocycles. The third kappa shape index (κ3) is 2.15. The van der Waals surface area contributed by atoms with Gasteiger partial charge in [-0.05, 0) is 36.2 Å². The van der Waals surface area contributed by atoms with Crippen molar-refractivity contribution in [2.75, 3.05) is 5.73 Å². The summed E-state index contributed by atoms with van der Waals surface area (Å²) in [4.78, 5) is 8.75. The van der Waals surface area contributed by atoms with E-state index in [0.717, 1.165) is 27.3 Å². The number of hydrogen-bond acceptors (Lipinski definition) is 3. The molecule has 3 aromatic rings. The van der Waals surface area contributed by atoms with Crippen LogP contribution in [0.4, 0.5) is 5.95 Å². The molecule has 0 radical (unpaired) electrons. The zero-order chi connectivity index (χ0) is 13.4. The lowest BCUT2D eigenvalue weighted by atomic mass is 10.2. The number of aryl methyl sites for hydroxylation is 1. The molecule has 1 aromatic carbocycles. The fourth-order valence-electron chi connectivity index (χ4n) is 2.08. The topological polar surface area (TPSA) is 56.7 Å². The van der Waals surface area contributed by atoms with Gasteiger partial charge in [-0.15, -0.1) is 0 Å². The Bertz CT molecular complexity index is 731. The van der Waals surface area contributed by atoms with E-state index in [0.29, 0.717) is 12.5 Å². The Hall–Kier alpha value is -2.07. The van der Waals surface area contributed by atoms with Crippen molar-refractivity contribution in [2.24, 2.45) is 0 Å². The molecule has 0 aliphatic rings. The number of rotatable bonds is 2.